The van der Waals surface area contributed by atoms with Gasteiger partial charge in [-0.1, -0.05) is 6.92 Å². The zero-order valence-electron chi connectivity index (χ0n) is 12.2. The summed E-state index contributed by atoms with van der Waals surface area (Å²) in [7, 11) is 2.87. The first-order valence-electron chi connectivity index (χ1n) is 6.85. The van der Waals surface area contributed by atoms with Gasteiger partial charge in [-0.2, -0.15) is 13.2 Å². The molecule has 0 saturated heterocycles. The molecule has 1 aliphatic rings. The van der Waals surface area contributed by atoms with E-state index in [4.69, 9.17) is 4.74 Å². The molecule has 0 aromatic heterocycles. The summed E-state index contributed by atoms with van der Waals surface area (Å²) < 4.78 is 42.7. The van der Waals surface area contributed by atoms with Crippen molar-refractivity contribution in [3.8, 4) is 0 Å². The molecule has 4 nitrogen and oxygen atoms in total. The fraction of sp³-hybridized carbons (Fsp3) is 0.923. The SMILES string of the molecule is CCCN(CC(F)(F)F)CC(NC)(C(=O)OC)C1CC1. The van der Waals surface area contributed by atoms with Gasteiger partial charge in [0.1, 0.15) is 5.54 Å². The number of hydrogen-bond acceptors (Lipinski definition) is 4. The molecule has 20 heavy (non-hydrogen) atoms. The van der Waals surface area contributed by atoms with Gasteiger partial charge in [-0.15, -0.1) is 0 Å². The fourth-order valence-electron chi connectivity index (χ4n) is 2.64. The highest BCUT2D eigenvalue weighted by atomic mass is 19.4. The Bertz CT molecular complexity index is 332. The number of nitrogens with zero attached hydrogens (tertiary/aromatic N) is 1. The third kappa shape index (κ3) is 4.34. The number of rotatable bonds is 8. The van der Waals surface area contributed by atoms with E-state index in [-0.39, 0.29) is 12.5 Å². The molecule has 1 unspecified atom stereocenters. The second-order valence-electron chi connectivity index (χ2n) is 5.31. The number of carbonyl (C=O) groups excluding carboxylic acids is 1. The summed E-state index contributed by atoms with van der Waals surface area (Å²) in [6, 6.07) is 0. The summed E-state index contributed by atoms with van der Waals surface area (Å²) in [4.78, 5) is 13.3. The zero-order chi connectivity index (χ0) is 15.4. The number of ether oxygens (including phenoxy) is 1. The van der Waals surface area contributed by atoms with Crippen molar-refractivity contribution in [3.05, 3.63) is 0 Å². The molecule has 0 radical (unpaired) electrons. The predicted molar refractivity (Wildman–Crippen MR) is 69.3 cm³/mol. The minimum atomic E-state index is -4.27. The second-order valence-corrected chi connectivity index (χ2v) is 5.31. The van der Waals surface area contributed by atoms with Crippen LogP contribution in [0.2, 0.25) is 0 Å². The van der Waals surface area contributed by atoms with E-state index in [1.165, 1.54) is 12.0 Å². The van der Waals surface area contributed by atoms with Crippen LogP contribution in [0, 0.1) is 5.92 Å². The Hall–Kier alpha value is -0.820. The molecule has 7 heteroatoms. The van der Waals surface area contributed by atoms with Crippen molar-refractivity contribution in [1.29, 1.82) is 0 Å². The molecule has 0 aromatic carbocycles. The highest BCUT2D eigenvalue weighted by Gasteiger charge is 2.52. The van der Waals surface area contributed by atoms with Gasteiger partial charge in [-0.05, 0) is 38.8 Å². The van der Waals surface area contributed by atoms with Crippen LogP contribution in [0.25, 0.3) is 0 Å². The first kappa shape index (κ1) is 17.2. The molecule has 1 atom stereocenters. The predicted octanol–water partition coefficient (Wildman–Crippen LogP) is 1.80. The van der Waals surface area contributed by atoms with Crippen LogP contribution in [0.15, 0.2) is 0 Å². The van der Waals surface area contributed by atoms with Crippen LogP contribution in [0.5, 0.6) is 0 Å². The van der Waals surface area contributed by atoms with E-state index < -0.39 is 24.2 Å². The average molecular weight is 296 g/mol. The zero-order valence-corrected chi connectivity index (χ0v) is 12.2. The van der Waals surface area contributed by atoms with Gasteiger partial charge in [0.05, 0.1) is 13.7 Å². The molecule has 118 valence electrons. The summed E-state index contributed by atoms with van der Waals surface area (Å²) in [5.74, 6) is -0.432. The Kier molecular flexibility index (Phi) is 5.82. The van der Waals surface area contributed by atoms with E-state index in [0.29, 0.717) is 13.0 Å². The van der Waals surface area contributed by atoms with Gasteiger partial charge < -0.3 is 10.1 Å². The quantitative estimate of drug-likeness (QED) is 0.694. The van der Waals surface area contributed by atoms with Gasteiger partial charge in [0.25, 0.3) is 0 Å². The van der Waals surface area contributed by atoms with Crippen LogP contribution in [-0.4, -0.2) is 56.4 Å². The van der Waals surface area contributed by atoms with Gasteiger partial charge >= 0.3 is 12.1 Å². The number of nitrogens with one attached hydrogen (secondary N) is 1. The van der Waals surface area contributed by atoms with Crippen LogP contribution < -0.4 is 5.32 Å². The lowest BCUT2D eigenvalue weighted by atomic mass is 9.92. The van der Waals surface area contributed by atoms with Crippen molar-refractivity contribution in [2.24, 2.45) is 5.92 Å². The number of esters is 1. The van der Waals surface area contributed by atoms with Crippen LogP contribution in [0.4, 0.5) is 13.2 Å². The maximum Gasteiger partial charge on any atom is 0.401 e. The number of carbonyl (C=O) groups is 1. The third-order valence-electron chi connectivity index (χ3n) is 3.69. The molecule has 1 saturated carbocycles. The van der Waals surface area contributed by atoms with Gasteiger partial charge in [0.15, 0.2) is 0 Å². The lowest BCUT2D eigenvalue weighted by molar-refractivity contribution is -0.159. The van der Waals surface area contributed by atoms with E-state index in [1.807, 2.05) is 6.92 Å². The van der Waals surface area contributed by atoms with Gasteiger partial charge in [0.2, 0.25) is 0 Å². The Labute approximate surface area is 117 Å². The lowest BCUT2D eigenvalue weighted by Gasteiger charge is -2.36. The molecule has 0 heterocycles. The summed E-state index contributed by atoms with van der Waals surface area (Å²) in [6.45, 7) is 1.13. The van der Waals surface area contributed by atoms with E-state index in [2.05, 4.69) is 5.32 Å². The topological polar surface area (TPSA) is 41.6 Å². The smallest absolute Gasteiger partial charge is 0.401 e. The van der Waals surface area contributed by atoms with Crippen LogP contribution >= 0.6 is 0 Å². The molecule has 1 rings (SSSR count). The standard InChI is InChI=1S/C13H23F3N2O2/c1-4-7-18(9-13(14,15)16)8-12(17-2,10-5-6-10)11(19)20-3/h10,17H,4-9H2,1-3H3. The first-order valence-corrected chi connectivity index (χ1v) is 6.85. The van der Waals surface area contributed by atoms with Crippen LogP contribution in [0.3, 0.4) is 0 Å². The summed E-state index contributed by atoms with van der Waals surface area (Å²) in [5.41, 5.74) is -1.03. The van der Waals surface area contributed by atoms with E-state index in [0.717, 1.165) is 12.8 Å². The molecule has 0 amide bonds. The monoisotopic (exact) mass is 296 g/mol. The molecule has 1 N–H and O–H groups in total. The molecule has 1 aliphatic carbocycles. The Morgan fingerprint density at radius 1 is 1.35 bits per heavy atom. The number of halogens is 3. The summed E-state index contributed by atoms with van der Waals surface area (Å²) in [5, 5.41) is 2.92. The molecule has 0 bridgehead atoms. The number of alkyl halides is 3. The van der Waals surface area contributed by atoms with Crippen LogP contribution in [0.1, 0.15) is 26.2 Å². The normalized spacial score (nSPS) is 18.9. The maximum absolute atomic E-state index is 12.6. The van der Waals surface area contributed by atoms with Crippen molar-refractivity contribution in [2.45, 2.75) is 37.9 Å². The first-order chi connectivity index (χ1) is 9.29. The Morgan fingerprint density at radius 2 is 1.95 bits per heavy atom. The minimum absolute atomic E-state index is 0.0220. The average Bonchev–Trinajstić information content (AvgIpc) is 3.17. The molecular formula is C13H23F3N2O2. The number of methoxy groups -OCH3 is 1. The summed E-state index contributed by atoms with van der Waals surface area (Å²) in [6.07, 6.45) is -2.00. The van der Waals surface area contributed by atoms with Gasteiger partial charge in [-0.25, -0.2) is 4.79 Å². The third-order valence-corrected chi connectivity index (χ3v) is 3.69. The van der Waals surface area contributed by atoms with Crippen molar-refractivity contribution in [2.75, 3.05) is 33.8 Å². The van der Waals surface area contributed by atoms with Crippen molar-refractivity contribution in [3.63, 3.8) is 0 Å². The lowest BCUT2D eigenvalue weighted by Crippen LogP contribution is -2.61. The molecule has 0 aliphatic heterocycles. The second kappa shape index (κ2) is 6.76. The molecule has 1 fully saturated rings. The van der Waals surface area contributed by atoms with Crippen molar-refractivity contribution >= 4 is 5.97 Å². The van der Waals surface area contributed by atoms with Gasteiger partial charge in [0, 0.05) is 6.54 Å². The largest absolute Gasteiger partial charge is 0.468 e. The van der Waals surface area contributed by atoms with Crippen molar-refractivity contribution < 1.29 is 22.7 Å². The van der Waals surface area contributed by atoms with E-state index in [9.17, 15) is 18.0 Å². The highest BCUT2D eigenvalue weighted by Crippen LogP contribution is 2.41. The van der Waals surface area contributed by atoms with E-state index >= 15 is 0 Å². The molecule has 0 aromatic rings. The fourth-order valence-corrected chi connectivity index (χ4v) is 2.64. The number of hydrogen-bond donors (Lipinski definition) is 1. The number of likely N-dealkylation sites (N-methyl/N-ethyl adjacent to an activating group) is 1. The molecular weight excluding hydrogens is 273 g/mol. The minimum Gasteiger partial charge on any atom is -0.468 e. The molecule has 0 spiro atoms. The Morgan fingerprint density at radius 3 is 2.30 bits per heavy atom. The maximum atomic E-state index is 12.6. The van der Waals surface area contributed by atoms with Gasteiger partial charge in [-0.3, -0.25) is 4.90 Å². The summed E-state index contributed by atoms with van der Waals surface area (Å²) >= 11 is 0. The van der Waals surface area contributed by atoms with Crippen molar-refractivity contribution in [1.82, 2.24) is 10.2 Å². The highest BCUT2D eigenvalue weighted by molar-refractivity contribution is 5.82. The Balaban J connectivity index is 2.87. The van der Waals surface area contributed by atoms with Crippen LogP contribution in [-0.2, 0) is 9.53 Å². The van der Waals surface area contributed by atoms with E-state index in [1.54, 1.807) is 7.05 Å².